The number of hydrogen-bond acceptors (Lipinski definition) is 6. The first-order valence-corrected chi connectivity index (χ1v) is 8.10. The molecule has 25 heavy (non-hydrogen) atoms. The predicted octanol–water partition coefficient (Wildman–Crippen LogP) is 3.06. The summed E-state index contributed by atoms with van der Waals surface area (Å²) in [6.07, 6.45) is 1.55. The number of carbonyl (C=O) groups excluding carboxylic acids is 1. The van der Waals surface area contributed by atoms with Crippen molar-refractivity contribution in [2.45, 2.75) is 25.7 Å². The number of methoxy groups -OCH3 is 1. The van der Waals surface area contributed by atoms with Crippen LogP contribution in [0.3, 0.4) is 0 Å². The van der Waals surface area contributed by atoms with Gasteiger partial charge < -0.3 is 19.9 Å². The second-order valence-corrected chi connectivity index (χ2v) is 6.23. The maximum Gasteiger partial charge on any atom is 0.257 e. The average molecular weight is 387 g/mol. The van der Waals surface area contributed by atoms with Crippen molar-refractivity contribution in [1.82, 2.24) is 15.0 Å². The Morgan fingerprint density at radius 1 is 1.40 bits per heavy atom. The zero-order valence-electron chi connectivity index (χ0n) is 14.0. The van der Waals surface area contributed by atoms with E-state index in [0.29, 0.717) is 46.8 Å². The summed E-state index contributed by atoms with van der Waals surface area (Å²) in [6, 6.07) is 3.13. The van der Waals surface area contributed by atoms with Crippen molar-refractivity contribution in [3.8, 4) is 5.75 Å². The smallest absolute Gasteiger partial charge is 0.257 e. The molecular formula is C16H20Cl2N4O3. The molecule has 2 heterocycles. The van der Waals surface area contributed by atoms with E-state index in [9.17, 15) is 4.79 Å². The summed E-state index contributed by atoms with van der Waals surface area (Å²) in [5.74, 6) is 1.77. The first-order chi connectivity index (χ1) is 11.5. The lowest BCUT2D eigenvalue weighted by Gasteiger charge is -2.30. The van der Waals surface area contributed by atoms with Crippen LogP contribution in [0.5, 0.6) is 5.75 Å². The van der Waals surface area contributed by atoms with E-state index in [4.69, 9.17) is 26.6 Å². The molecule has 9 heteroatoms. The molecular weight excluding hydrogens is 367 g/mol. The molecule has 3 rings (SSSR count). The van der Waals surface area contributed by atoms with Gasteiger partial charge in [0.05, 0.1) is 23.4 Å². The average Bonchev–Trinajstić information content (AvgIpc) is 3.03. The minimum Gasteiger partial charge on any atom is -0.496 e. The van der Waals surface area contributed by atoms with Gasteiger partial charge in [-0.05, 0) is 25.8 Å². The number of carbonyl (C=O) groups is 1. The lowest BCUT2D eigenvalue weighted by Crippen LogP contribution is -2.38. The Bertz CT molecular complexity index is 758. The van der Waals surface area contributed by atoms with Gasteiger partial charge >= 0.3 is 0 Å². The van der Waals surface area contributed by atoms with Crippen LogP contribution in [-0.2, 0) is 0 Å². The maximum atomic E-state index is 12.8. The molecule has 136 valence electrons. The second-order valence-electron chi connectivity index (χ2n) is 5.82. The molecule has 0 atom stereocenters. The van der Waals surface area contributed by atoms with Crippen LogP contribution in [-0.4, -0.2) is 41.1 Å². The van der Waals surface area contributed by atoms with Gasteiger partial charge in [0.15, 0.2) is 5.82 Å². The van der Waals surface area contributed by atoms with Crippen LogP contribution in [0, 0.1) is 6.92 Å². The van der Waals surface area contributed by atoms with E-state index < -0.39 is 0 Å². The van der Waals surface area contributed by atoms with Crippen molar-refractivity contribution in [3.05, 3.63) is 34.4 Å². The lowest BCUT2D eigenvalue weighted by molar-refractivity contribution is 0.0701. The van der Waals surface area contributed by atoms with Gasteiger partial charge in [0, 0.05) is 25.1 Å². The number of nitrogens with zero attached hydrogens (tertiary/aromatic N) is 3. The van der Waals surface area contributed by atoms with Crippen molar-refractivity contribution < 1.29 is 14.1 Å². The minimum absolute atomic E-state index is 0. The summed E-state index contributed by atoms with van der Waals surface area (Å²) >= 11 is 6.05. The third-order valence-electron chi connectivity index (χ3n) is 4.22. The fourth-order valence-electron chi connectivity index (χ4n) is 2.88. The molecule has 1 aromatic carbocycles. The van der Waals surface area contributed by atoms with Gasteiger partial charge in [-0.1, -0.05) is 16.8 Å². The number of aromatic nitrogens is 2. The van der Waals surface area contributed by atoms with E-state index >= 15 is 0 Å². The summed E-state index contributed by atoms with van der Waals surface area (Å²) < 4.78 is 10.5. The summed E-state index contributed by atoms with van der Waals surface area (Å²) in [5.41, 5.74) is 6.57. The summed E-state index contributed by atoms with van der Waals surface area (Å²) in [6.45, 7) is 3.01. The van der Waals surface area contributed by atoms with E-state index in [1.807, 2.05) is 0 Å². The van der Waals surface area contributed by atoms with Crippen molar-refractivity contribution in [1.29, 1.82) is 0 Å². The highest BCUT2D eigenvalue weighted by Gasteiger charge is 2.29. The SMILES string of the molecule is COc1cc(N)c(Cl)cc1C(=O)N1CCC(c2nc(C)no2)CC1.Cl. The van der Waals surface area contributed by atoms with Gasteiger partial charge in [0.25, 0.3) is 5.91 Å². The Balaban J connectivity index is 0.00000225. The number of nitrogen functional groups attached to an aromatic ring is 1. The molecule has 0 radical (unpaired) electrons. The first-order valence-electron chi connectivity index (χ1n) is 7.72. The molecule has 0 spiro atoms. The molecule has 1 saturated heterocycles. The van der Waals surface area contributed by atoms with Crippen molar-refractivity contribution in [2.24, 2.45) is 0 Å². The largest absolute Gasteiger partial charge is 0.496 e. The van der Waals surface area contributed by atoms with Crippen molar-refractivity contribution >= 4 is 35.6 Å². The normalized spacial score (nSPS) is 14.9. The Kier molecular flexibility index (Phi) is 6.13. The monoisotopic (exact) mass is 386 g/mol. The number of piperidine rings is 1. The van der Waals surface area contributed by atoms with E-state index in [0.717, 1.165) is 12.8 Å². The van der Waals surface area contributed by atoms with Gasteiger partial charge in [0.1, 0.15) is 5.75 Å². The number of halogens is 2. The predicted molar refractivity (Wildman–Crippen MR) is 96.6 cm³/mol. The molecule has 2 N–H and O–H groups in total. The van der Waals surface area contributed by atoms with Gasteiger partial charge in [-0.25, -0.2) is 0 Å². The molecule has 1 amide bonds. The van der Waals surface area contributed by atoms with Gasteiger partial charge in [-0.3, -0.25) is 4.79 Å². The number of likely N-dealkylation sites (tertiary alicyclic amines) is 1. The summed E-state index contributed by atoms with van der Waals surface area (Å²) in [7, 11) is 1.50. The van der Waals surface area contributed by atoms with E-state index in [1.54, 1.807) is 24.0 Å². The third kappa shape index (κ3) is 3.99. The van der Waals surface area contributed by atoms with E-state index in [2.05, 4.69) is 10.1 Å². The fourth-order valence-corrected chi connectivity index (χ4v) is 3.05. The highest BCUT2D eigenvalue weighted by atomic mass is 35.5. The molecule has 0 unspecified atom stereocenters. The highest BCUT2D eigenvalue weighted by molar-refractivity contribution is 6.33. The molecule has 0 bridgehead atoms. The van der Waals surface area contributed by atoms with Crippen molar-refractivity contribution in [2.75, 3.05) is 25.9 Å². The van der Waals surface area contributed by atoms with Gasteiger partial charge in [-0.15, -0.1) is 12.4 Å². The van der Waals surface area contributed by atoms with Crippen molar-refractivity contribution in [3.63, 3.8) is 0 Å². The molecule has 1 aliphatic rings. The summed E-state index contributed by atoms with van der Waals surface area (Å²) in [4.78, 5) is 18.8. The second kappa shape index (κ2) is 7.93. The zero-order valence-corrected chi connectivity index (χ0v) is 15.6. The zero-order chi connectivity index (χ0) is 17.3. The van der Waals surface area contributed by atoms with E-state index in [1.165, 1.54) is 7.11 Å². The quantitative estimate of drug-likeness (QED) is 0.814. The minimum atomic E-state index is -0.117. The Morgan fingerprint density at radius 3 is 2.64 bits per heavy atom. The van der Waals surface area contributed by atoms with Crippen LogP contribution >= 0.6 is 24.0 Å². The van der Waals surface area contributed by atoms with Crippen LogP contribution in [0.15, 0.2) is 16.7 Å². The van der Waals surface area contributed by atoms with Crippen LogP contribution in [0.25, 0.3) is 0 Å². The number of anilines is 1. The fraction of sp³-hybridized carbons (Fsp3) is 0.438. The Labute approximate surface area is 156 Å². The van der Waals surface area contributed by atoms with Crippen LogP contribution < -0.4 is 10.5 Å². The topological polar surface area (TPSA) is 94.5 Å². The Hall–Kier alpha value is -1.99. The van der Waals surface area contributed by atoms with Crippen LogP contribution in [0.4, 0.5) is 5.69 Å². The third-order valence-corrected chi connectivity index (χ3v) is 4.55. The molecule has 7 nitrogen and oxygen atoms in total. The van der Waals surface area contributed by atoms with Crippen LogP contribution in [0.2, 0.25) is 5.02 Å². The lowest BCUT2D eigenvalue weighted by atomic mass is 9.96. The molecule has 0 aliphatic carbocycles. The number of aryl methyl sites for hydroxylation is 1. The molecule has 2 aromatic rings. The summed E-state index contributed by atoms with van der Waals surface area (Å²) in [5, 5.41) is 4.17. The number of hydrogen-bond donors (Lipinski definition) is 1. The molecule has 1 aromatic heterocycles. The van der Waals surface area contributed by atoms with Gasteiger partial charge in [0.2, 0.25) is 5.89 Å². The van der Waals surface area contributed by atoms with Gasteiger partial charge in [-0.2, -0.15) is 4.98 Å². The molecule has 0 saturated carbocycles. The molecule has 1 fully saturated rings. The van der Waals surface area contributed by atoms with E-state index in [-0.39, 0.29) is 24.2 Å². The number of nitrogens with two attached hydrogens (primary N) is 1. The number of rotatable bonds is 3. The first kappa shape index (κ1) is 19.3. The highest BCUT2D eigenvalue weighted by Crippen LogP contribution is 2.32. The number of benzene rings is 1. The number of amides is 1. The Morgan fingerprint density at radius 2 is 2.08 bits per heavy atom. The van der Waals surface area contributed by atoms with Crippen LogP contribution in [0.1, 0.15) is 40.8 Å². The standard InChI is InChI=1S/C16H19ClN4O3.ClH/c1-9-19-15(24-20-9)10-3-5-21(6-4-10)16(22)11-7-12(17)13(18)8-14(11)23-2;/h7-8,10H,3-6,18H2,1-2H3;1H. The maximum absolute atomic E-state index is 12.8. The molecule has 1 aliphatic heterocycles. The number of ether oxygens (including phenoxy) is 1.